The summed E-state index contributed by atoms with van der Waals surface area (Å²) < 4.78 is 6.65. The normalized spacial score (nSPS) is 21.5. The standard InChI is InChI=1S/C7H11NO3/c9-7(5-8(10)11)6-3-1-2-4-6/h5-6,9H,1-4H2/b7-5+/i/hT. The highest BCUT2D eigenvalue weighted by molar-refractivity contribution is 4.94. The van der Waals surface area contributed by atoms with Crippen LogP contribution in [0.3, 0.4) is 0 Å². The van der Waals surface area contributed by atoms with Crippen molar-refractivity contribution in [1.29, 1.82) is 1.43 Å². The third-order valence-corrected chi connectivity index (χ3v) is 1.99. The molecule has 0 atom stereocenters. The first-order valence-electron chi connectivity index (χ1n) is 4.13. The van der Waals surface area contributed by atoms with Crippen LogP contribution in [0.25, 0.3) is 1.43 Å². The Balaban J connectivity index is 2.60. The SMILES string of the molecule is [3H]O/C(=C/[N+](=O)[O-])C1CCCC1. The summed E-state index contributed by atoms with van der Waals surface area (Å²) in [5, 5.41) is 14.3. The van der Waals surface area contributed by atoms with Crippen LogP contribution in [0.1, 0.15) is 25.7 Å². The zero-order chi connectivity index (χ0) is 8.97. The molecule has 0 amide bonds. The lowest BCUT2D eigenvalue weighted by Crippen LogP contribution is -2.00. The van der Waals surface area contributed by atoms with Crippen LogP contribution in [-0.4, -0.2) is 10.0 Å². The molecule has 0 aromatic rings. The van der Waals surface area contributed by atoms with Crippen molar-refractivity contribution in [1.82, 2.24) is 0 Å². The Kier molecular flexibility index (Phi) is 2.03. The largest absolute Gasteiger partial charge is 0.506 e. The molecule has 1 saturated carbocycles. The first kappa shape index (κ1) is 6.64. The van der Waals surface area contributed by atoms with Crippen LogP contribution in [0.2, 0.25) is 0 Å². The van der Waals surface area contributed by atoms with Crippen LogP contribution < -0.4 is 0 Å². The van der Waals surface area contributed by atoms with E-state index in [4.69, 9.17) is 1.43 Å². The van der Waals surface area contributed by atoms with Gasteiger partial charge in [0.15, 0.2) is 5.76 Å². The first-order valence-corrected chi connectivity index (χ1v) is 3.72. The number of hydrogen-bond donors (Lipinski definition) is 1. The van der Waals surface area contributed by atoms with E-state index in [1.165, 1.54) is 0 Å². The average Bonchev–Trinajstić information content (AvgIpc) is 2.51. The number of nitro groups is 1. The van der Waals surface area contributed by atoms with Gasteiger partial charge in [0.2, 0.25) is 0 Å². The zero-order valence-electron chi connectivity index (χ0n) is 7.16. The minimum atomic E-state index is -0.567. The van der Waals surface area contributed by atoms with E-state index >= 15 is 0 Å². The van der Waals surface area contributed by atoms with Crippen LogP contribution in [0.4, 0.5) is 0 Å². The Labute approximate surface area is 66.2 Å². The van der Waals surface area contributed by atoms with Crippen molar-refractivity contribution in [2.24, 2.45) is 5.92 Å². The van der Waals surface area contributed by atoms with Gasteiger partial charge in [-0.2, -0.15) is 0 Å². The highest BCUT2D eigenvalue weighted by Gasteiger charge is 2.20. The third-order valence-electron chi connectivity index (χ3n) is 1.99. The maximum Gasteiger partial charge on any atom is 0.293 e. The molecule has 1 N–H and O–H groups in total. The van der Waals surface area contributed by atoms with Gasteiger partial charge < -0.3 is 5.11 Å². The lowest BCUT2D eigenvalue weighted by atomic mass is 10.1. The summed E-state index contributed by atoms with van der Waals surface area (Å²) >= 11 is 0. The van der Waals surface area contributed by atoms with Crippen molar-refractivity contribution >= 4 is 0 Å². The van der Waals surface area contributed by atoms with Crippen molar-refractivity contribution in [3.63, 3.8) is 0 Å². The first-order chi connectivity index (χ1) is 5.74. The third kappa shape index (κ3) is 2.22. The van der Waals surface area contributed by atoms with Crippen LogP contribution in [0, 0.1) is 16.0 Å². The summed E-state index contributed by atoms with van der Waals surface area (Å²) in [5.41, 5.74) is 0. The monoisotopic (exact) mass is 159 g/mol. The Morgan fingerprint density at radius 1 is 1.73 bits per heavy atom. The summed E-state index contributed by atoms with van der Waals surface area (Å²) in [6.45, 7) is 0. The van der Waals surface area contributed by atoms with E-state index in [1.807, 2.05) is 0 Å². The minimum Gasteiger partial charge on any atom is -0.506 e. The van der Waals surface area contributed by atoms with Gasteiger partial charge in [-0.3, -0.25) is 10.1 Å². The van der Waals surface area contributed by atoms with Gasteiger partial charge in [-0.05, 0) is 12.8 Å². The molecule has 1 aliphatic rings. The molecule has 0 aromatic carbocycles. The zero-order valence-corrected chi connectivity index (χ0v) is 6.16. The fourth-order valence-corrected chi connectivity index (χ4v) is 1.42. The molecule has 0 spiro atoms. The van der Waals surface area contributed by atoms with Gasteiger partial charge in [-0.1, -0.05) is 12.8 Å². The fourth-order valence-electron chi connectivity index (χ4n) is 1.42. The molecule has 1 rings (SSSR count). The predicted molar refractivity (Wildman–Crippen MR) is 39.7 cm³/mol. The average molecular weight is 159 g/mol. The second kappa shape index (κ2) is 3.37. The summed E-state index contributed by atoms with van der Waals surface area (Å²) in [7, 11) is 0. The van der Waals surface area contributed by atoms with E-state index in [0.29, 0.717) is 0 Å². The van der Waals surface area contributed by atoms with Crippen molar-refractivity contribution in [2.75, 3.05) is 0 Å². The number of allylic oxidation sites excluding steroid dienone is 1. The van der Waals surface area contributed by atoms with Gasteiger partial charge in [0.1, 0.15) is 0 Å². The van der Waals surface area contributed by atoms with Gasteiger partial charge in [0, 0.05) is 5.92 Å². The highest BCUT2D eigenvalue weighted by atomic mass is 16.6. The second-order valence-corrected chi connectivity index (χ2v) is 2.80. The molecule has 4 heteroatoms. The minimum absolute atomic E-state index is 0.0906. The summed E-state index contributed by atoms with van der Waals surface area (Å²) in [6, 6.07) is 0. The summed E-state index contributed by atoms with van der Waals surface area (Å²) in [5.74, 6) is 0.283. The van der Waals surface area contributed by atoms with E-state index < -0.39 is 4.92 Å². The number of aliphatic hydroxyl groups excluding tert-OH is 1. The maximum absolute atomic E-state index is 10.1. The van der Waals surface area contributed by atoms with Gasteiger partial charge in [0.05, 0.1) is 4.92 Å². The van der Waals surface area contributed by atoms with E-state index in [2.05, 4.69) is 5.11 Å². The van der Waals surface area contributed by atoms with Crippen molar-refractivity contribution < 1.29 is 10.0 Å². The van der Waals surface area contributed by atoms with Gasteiger partial charge in [0.25, 0.3) is 7.63 Å². The molecule has 4 nitrogen and oxygen atoms in total. The van der Waals surface area contributed by atoms with Crippen molar-refractivity contribution in [3.05, 3.63) is 22.1 Å². The molecular formula is C7H11NO3. The van der Waals surface area contributed by atoms with Crippen LogP contribution >= 0.6 is 0 Å². The Morgan fingerprint density at radius 2 is 2.36 bits per heavy atom. The molecule has 1 fully saturated rings. The van der Waals surface area contributed by atoms with Gasteiger partial charge in [-0.15, -0.1) is 0 Å². The van der Waals surface area contributed by atoms with Crippen LogP contribution in [-0.2, 0) is 0 Å². The molecule has 0 saturated heterocycles. The molecule has 1 aliphatic carbocycles. The molecular weight excluding hydrogens is 146 g/mol. The molecule has 11 heavy (non-hydrogen) atoms. The number of aliphatic hydroxyl groups is 1. The predicted octanol–water partition coefficient (Wildman–Crippen LogP) is 1.85. The Hall–Kier alpha value is -1.06. The molecule has 0 aromatic heterocycles. The molecule has 0 aliphatic heterocycles. The lowest BCUT2D eigenvalue weighted by Gasteiger charge is -2.03. The van der Waals surface area contributed by atoms with Crippen LogP contribution in [0.5, 0.6) is 0 Å². The number of rotatable bonds is 3. The smallest absolute Gasteiger partial charge is 0.293 e. The molecule has 0 bridgehead atoms. The van der Waals surface area contributed by atoms with Crippen LogP contribution in [0.15, 0.2) is 12.0 Å². The Morgan fingerprint density at radius 3 is 2.82 bits per heavy atom. The van der Waals surface area contributed by atoms with Gasteiger partial charge >= 0.3 is 0 Å². The topological polar surface area (TPSA) is 63.4 Å². The highest BCUT2D eigenvalue weighted by Crippen LogP contribution is 2.29. The van der Waals surface area contributed by atoms with Crippen molar-refractivity contribution in [2.45, 2.75) is 25.7 Å². The molecule has 0 unspecified atom stereocenters. The summed E-state index contributed by atoms with van der Waals surface area (Å²) in [6.07, 6.45) is 4.74. The Bertz CT molecular complexity index is 199. The number of hydrogen-bond acceptors (Lipinski definition) is 3. The second-order valence-electron chi connectivity index (χ2n) is 2.80. The van der Waals surface area contributed by atoms with E-state index in [9.17, 15) is 10.1 Å². The lowest BCUT2D eigenvalue weighted by molar-refractivity contribution is -0.405. The maximum atomic E-state index is 10.1. The molecule has 62 valence electrons. The summed E-state index contributed by atoms with van der Waals surface area (Å²) in [4.78, 5) is 9.52. The number of nitrogens with zero attached hydrogens (tertiary/aromatic N) is 1. The van der Waals surface area contributed by atoms with Gasteiger partial charge in [-0.25, -0.2) is 0 Å². The quantitative estimate of drug-likeness (QED) is 0.388. The fraction of sp³-hybridized carbons (Fsp3) is 0.714. The van der Waals surface area contributed by atoms with E-state index in [1.54, 1.807) is 0 Å². The molecule has 0 heterocycles. The van der Waals surface area contributed by atoms with Crippen molar-refractivity contribution in [3.8, 4) is 0 Å². The van der Waals surface area contributed by atoms with E-state index in [-0.39, 0.29) is 11.7 Å². The van der Waals surface area contributed by atoms with E-state index in [0.717, 1.165) is 31.9 Å². The molecule has 0 radical (unpaired) electrons.